The average molecular weight is 866 g/mol. The highest BCUT2D eigenvalue weighted by molar-refractivity contribution is 6.38. The lowest BCUT2D eigenvalue weighted by atomic mass is 9.70. The van der Waals surface area contributed by atoms with Crippen LogP contribution >= 0.6 is 0 Å². The van der Waals surface area contributed by atoms with Crippen molar-refractivity contribution in [3.8, 4) is 0 Å². The van der Waals surface area contributed by atoms with Crippen molar-refractivity contribution in [3.63, 3.8) is 0 Å². The molecule has 0 spiro atoms. The molecule has 15 nitrogen and oxygen atoms in total. The smallest absolute Gasteiger partial charge is 0.404 e. The summed E-state index contributed by atoms with van der Waals surface area (Å²) in [6, 6.07) is 6.26. The van der Waals surface area contributed by atoms with Crippen LogP contribution in [-0.4, -0.2) is 114 Å². The van der Waals surface area contributed by atoms with Crippen molar-refractivity contribution in [1.29, 1.82) is 0 Å². The number of nitrogens with one attached hydrogen (secondary N) is 5. The predicted octanol–water partition coefficient (Wildman–Crippen LogP) is 5.55. The number of carboxylic acid groups (broad SMARTS) is 1. The molecule has 5 rings (SSSR count). The molecule has 4 unspecified atom stereocenters. The van der Waals surface area contributed by atoms with Crippen molar-refractivity contribution in [1.82, 2.24) is 36.4 Å². The second kappa shape index (κ2) is 22.7. The molecule has 4 atom stereocenters. The topological polar surface area (TPSA) is 206 Å². The Morgan fingerprint density at radius 1 is 0.903 bits per heavy atom. The van der Waals surface area contributed by atoms with Crippen LogP contribution in [0.5, 0.6) is 0 Å². The fourth-order valence-electron chi connectivity index (χ4n) is 8.34. The van der Waals surface area contributed by atoms with Crippen LogP contribution in [0.1, 0.15) is 137 Å². The van der Waals surface area contributed by atoms with Gasteiger partial charge in [0.2, 0.25) is 17.6 Å². The highest BCUT2D eigenvalue weighted by Crippen LogP contribution is 2.40. The quantitative estimate of drug-likeness (QED) is 0.0717. The van der Waals surface area contributed by atoms with Crippen LogP contribution in [0.2, 0.25) is 0 Å². The van der Waals surface area contributed by atoms with Gasteiger partial charge in [0.25, 0.3) is 5.91 Å². The van der Waals surface area contributed by atoms with Gasteiger partial charge in [0.15, 0.2) is 0 Å². The minimum absolute atomic E-state index is 0.0377. The first kappa shape index (κ1) is 50.1. The number of aldehydes is 1. The van der Waals surface area contributed by atoms with Gasteiger partial charge in [0.1, 0.15) is 18.4 Å². The molecular weight excluding hydrogens is 791 g/mol. The van der Waals surface area contributed by atoms with Gasteiger partial charge in [-0.1, -0.05) is 104 Å². The molecule has 0 radical (unpaired) electrons. The minimum atomic E-state index is -0.992. The molecule has 1 heterocycles. The summed E-state index contributed by atoms with van der Waals surface area (Å²) in [7, 11) is 2.02. The first-order chi connectivity index (χ1) is 29.2. The molecule has 1 aromatic carbocycles. The molecule has 4 aliphatic rings. The molecule has 6 N–H and O–H groups in total. The molecule has 346 valence electrons. The number of amides is 6. The Labute approximate surface area is 369 Å². The highest BCUT2D eigenvalue weighted by atomic mass is 16.4. The molecule has 6 amide bonds. The highest BCUT2D eigenvalue weighted by Gasteiger charge is 2.47. The van der Waals surface area contributed by atoms with Crippen LogP contribution in [-0.2, 0) is 30.5 Å². The van der Waals surface area contributed by atoms with Crippen LogP contribution in [0.4, 0.5) is 9.59 Å². The number of urea groups is 1. The van der Waals surface area contributed by atoms with Crippen molar-refractivity contribution in [2.75, 3.05) is 26.7 Å². The standard InChI is InChI=1S/C39H66N6O6.C8H9NO2/c1-37(2,3)30(25-44(7)22-19-38(4,5)20-23-46)42-36(51)43-32(39(6)17-9-8-10-18-39)35(50)45-21-11-12-29(45)33(48)41-28(24-26-13-14-26)31(47)34(49)40-27-15-16-27;10-8(11)9-6-7-4-2-1-3-5-7/h23,26-30,32H,8-22,24-25H2,1-7H3,(H,40,49)(H,41,48)(H2,42,43,51);1-5,9H,6H2,(H,10,11). The second-order valence-electron chi connectivity index (χ2n) is 20.4. The number of likely N-dealkylation sites (N-methyl/N-ethyl adjacent to an activating group) is 1. The molecule has 1 aromatic rings. The number of hydrogen-bond acceptors (Lipinski definition) is 8. The molecule has 62 heavy (non-hydrogen) atoms. The van der Waals surface area contributed by atoms with Gasteiger partial charge in [-0.15, -0.1) is 0 Å². The van der Waals surface area contributed by atoms with E-state index in [1.165, 1.54) is 0 Å². The second-order valence-corrected chi connectivity index (χ2v) is 20.4. The van der Waals surface area contributed by atoms with Crippen molar-refractivity contribution in [3.05, 3.63) is 35.9 Å². The van der Waals surface area contributed by atoms with E-state index in [1.807, 2.05) is 37.4 Å². The molecule has 0 aromatic heterocycles. The zero-order valence-corrected chi connectivity index (χ0v) is 38.4. The fourth-order valence-corrected chi connectivity index (χ4v) is 8.34. The summed E-state index contributed by atoms with van der Waals surface area (Å²) in [5, 5.41) is 22.5. The van der Waals surface area contributed by atoms with Crippen LogP contribution in [0.3, 0.4) is 0 Å². The number of nitrogens with zero attached hydrogens (tertiary/aromatic N) is 2. The number of carbonyl (C=O) groups is 7. The van der Waals surface area contributed by atoms with E-state index < -0.39 is 53.3 Å². The van der Waals surface area contributed by atoms with Crippen molar-refractivity contribution in [2.24, 2.45) is 22.2 Å². The summed E-state index contributed by atoms with van der Waals surface area (Å²) in [6.45, 7) is 14.6. The predicted molar refractivity (Wildman–Crippen MR) is 238 cm³/mol. The Hall–Kier alpha value is -4.53. The molecule has 15 heteroatoms. The van der Waals surface area contributed by atoms with Crippen LogP contribution in [0.15, 0.2) is 30.3 Å². The molecule has 0 bridgehead atoms. The lowest BCUT2D eigenvalue weighted by Gasteiger charge is -2.43. The molecule has 3 saturated carbocycles. The molecule has 1 saturated heterocycles. The number of carbonyl (C=O) groups excluding carboxylic acids is 6. The van der Waals surface area contributed by atoms with Gasteiger partial charge in [-0.25, -0.2) is 9.59 Å². The van der Waals surface area contributed by atoms with E-state index in [-0.39, 0.29) is 28.8 Å². The maximum Gasteiger partial charge on any atom is 0.404 e. The van der Waals surface area contributed by atoms with Gasteiger partial charge in [-0.05, 0) is 92.7 Å². The first-order valence-electron chi connectivity index (χ1n) is 22.9. The van der Waals surface area contributed by atoms with Gasteiger partial charge in [-0.2, -0.15) is 0 Å². The van der Waals surface area contributed by atoms with E-state index in [4.69, 9.17) is 5.11 Å². The molecule has 3 aliphatic carbocycles. The van der Waals surface area contributed by atoms with Crippen LogP contribution in [0, 0.1) is 22.2 Å². The van der Waals surface area contributed by atoms with E-state index in [1.54, 1.807) is 4.90 Å². The number of ketones is 1. The third kappa shape index (κ3) is 16.3. The Bertz CT molecular complexity index is 1680. The first-order valence-corrected chi connectivity index (χ1v) is 22.9. The Morgan fingerprint density at radius 3 is 2.15 bits per heavy atom. The molecule has 4 fully saturated rings. The fraction of sp³-hybridized carbons (Fsp3) is 0.723. The van der Waals surface area contributed by atoms with E-state index in [0.29, 0.717) is 51.2 Å². The number of benzene rings is 1. The summed E-state index contributed by atoms with van der Waals surface area (Å²) in [5.41, 5.74) is 0.0964. The summed E-state index contributed by atoms with van der Waals surface area (Å²) >= 11 is 0. The maximum absolute atomic E-state index is 14.6. The van der Waals surface area contributed by atoms with E-state index in [0.717, 1.165) is 82.6 Å². The Balaban J connectivity index is 0.000000666. The SMILES string of the molecule is CN(CCC(C)(C)CC=O)CC(NC(=O)NC(C(=O)N1CCCC1C(=O)NC(CC1CC1)C(=O)C(=O)NC1CC1)C1(C)CCCCC1)C(C)(C)C.O=C(O)NCc1ccccc1. The third-order valence-electron chi connectivity index (χ3n) is 13.0. The minimum Gasteiger partial charge on any atom is -0.465 e. The number of rotatable bonds is 20. The summed E-state index contributed by atoms with van der Waals surface area (Å²) in [5.74, 6) is -1.65. The van der Waals surface area contributed by atoms with E-state index >= 15 is 0 Å². The maximum atomic E-state index is 14.6. The normalized spacial score (nSPS) is 20.1. The van der Waals surface area contributed by atoms with E-state index in [2.05, 4.69) is 73.0 Å². The van der Waals surface area contributed by atoms with Gasteiger partial charge < -0.3 is 46.3 Å². The Morgan fingerprint density at radius 2 is 1.56 bits per heavy atom. The summed E-state index contributed by atoms with van der Waals surface area (Å²) in [6.07, 6.45) is 11.0. The summed E-state index contributed by atoms with van der Waals surface area (Å²) < 4.78 is 0. The van der Waals surface area contributed by atoms with Crippen molar-refractivity contribution in [2.45, 2.75) is 168 Å². The van der Waals surface area contributed by atoms with Gasteiger partial charge in [0.05, 0.1) is 6.04 Å². The molecular formula is C47H75N7O8. The van der Waals surface area contributed by atoms with Crippen LogP contribution < -0.4 is 26.6 Å². The summed E-state index contributed by atoms with van der Waals surface area (Å²) in [4.78, 5) is 93.1. The van der Waals surface area contributed by atoms with Gasteiger partial charge in [0, 0.05) is 38.1 Å². The lowest BCUT2D eigenvalue weighted by molar-refractivity contribution is -0.144. The monoisotopic (exact) mass is 866 g/mol. The van der Waals surface area contributed by atoms with E-state index in [9.17, 15) is 33.6 Å². The molecule has 1 aliphatic heterocycles. The van der Waals surface area contributed by atoms with Crippen molar-refractivity contribution >= 4 is 41.9 Å². The van der Waals surface area contributed by atoms with Gasteiger partial charge >= 0.3 is 12.1 Å². The largest absolute Gasteiger partial charge is 0.465 e. The number of Topliss-reactive ketones (excluding diaryl/α,β-unsaturated/α-hetero) is 1. The van der Waals surface area contributed by atoms with Gasteiger partial charge in [-0.3, -0.25) is 19.2 Å². The lowest BCUT2D eigenvalue weighted by Crippen LogP contribution is -2.62. The number of likely N-dealkylation sites (tertiary alicyclic amines) is 1. The van der Waals surface area contributed by atoms with Crippen molar-refractivity contribution < 1.29 is 38.7 Å². The average Bonchev–Trinajstić information content (AvgIpc) is 4.16. The zero-order chi connectivity index (χ0) is 45.7. The zero-order valence-electron chi connectivity index (χ0n) is 38.4. The number of hydrogen-bond donors (Lipinski definition) is 6. The Kier molecular flexibility index (Phi) is 18.4. The van der Waals surface area contributed by atoms with Crippen LogP contribution in [0.25, 0.3) is 0 Å². The third-order valence-corrected chi connectivity index (χ3v) is 13.0.